The minimum atomic E-state index is -2.56. The first kappa shape index (κ1) is 82.9. The molecule has 6 rings (SSSR count). The van der Waals surface area contributed by atoms with Crippen LogP contribution in [0.3, 0.4) is 0 Å². The Morgan fingerprint density at radius 3 is 0.802 bits per heavy atom. The molecule has 0 amide bonds. The first-order chi connectivity index (χ1) is 47.4. The van der Waals surface area contributed by atoms with E-state index in [4.69, 9.17) is 56.6 Å². The van der Waals surface area contributed by atoms with E-state index < -0.39 is 62.7 Å². The average molecular weight is 1430 g/mol. The zero-order valence-electron chi connectivity index (χ0n) is 63.6. The second-order valence-corrected chi connectivity index (χ2v) is 37.7. The molecule has 0 radical (unpaired) electrons. The van der Waals surface area contributed by atoms with Gasteiger partial charge in [-0.2, -0.15) is 0 Å². The maximum absolute atomic E-state index is 13.5. The van der Waals surface area contributed by atoms with E-state index in [1.807, 2.05) is 124 Å². The highest BCUT2D eigenvalue weighted by Gasteiger charge is 2.35. The lowest BCUT2D eigenvalue weighted by atomic mass is 9.85. The Labute approximate surface area is 602 Å². The number of carbonyl (C=O) groups excluding carboxylic acids is 4. The van der Waals surface area contributed by atoms with Crippen molar-refractivity contribution in [2.24, 2.45) is 20.0 Å². The van der Waals surface area contributed by atoms with Crippen molar-refractivity contribution in [3.05, 3.63) is 93.0 Å². The number of nitrogens with zero attached hydrogens (tertiary/aromatic N) is 4. The summed E-state index contributed by atoms with van der Waals surface area (Å²) in [7, 11) is -5.12. The van der Waals surface area contributed by atoms with Crippen LogP contribution in [0.25, 0.3) is 0 Å². The summed E-state index contributed by atoms with van der Waals surface area (Å²) in [6.07, 6.45) is 14.9. The number of benzene rings is 4. The molecule has 22 heteroatoms. The van der Waals surface area contributed by atoms with Gasteiger partial charge in [-0.25, -0.2) is 0 Å². The Balaban J connectivity index is 1.08. The van der Waals surface area contributed by atoms with E-state index >= 15 is 0 Å². The summed E-state index contributed by atoms with van der Waals surface area (Å²) in [5, 5.41) is 46.5. The van der Waals surface area contributed by atoms with Gasteiger partial charge in [-0.3, -0.25) is 39.1 Å². The maximum atomic E-state index is 13.5. The maximum Gasteiger partial charge on any atom is 0.335 e. The predicted molar refractivity (Wildman–Crippen MR) is 404 cm³/mol. The van der Waals surface area contributed by atoms with Gasteiger partial charge in [0.1, 0.15) is 46.0 Å². The molecule has 2 fully saturated rings. The number of esters is 4. The number of hydrogen-bond acceptors (Lipinski definition) is 20. The summed E-state index contributed by atoms with van der Waals surface area (Å²) < 4.78 is 47.4. The van der Waals surface area contributed by atoms with Gasteiger partial charge in [0, 0.05) is 134 Å². The lowest BCUT2D eigenvalue weighted by Gasteiger charge is -2.26. The Morgan fingerprint density at radius 1 is 0.376 bits per heavy atom. The Bertz CT molecular complexity index is 3350. The van der Waals surface area contributed by atoms with Crippen molar-refractivity contribution >= 4 is 65.9 Å². The standard InChI is InChI=1S/C79H116N4O16Si2/c1-19-92-100(17,93-20-2)38-36-70(86)98-58-42-54(74(90)62(46-58)78(11,12)13)50-82-66-32-28-26-30-64(66)80-48-52-40-56(44-60(72(52)88)76(5,6)7)96-68(84)34-24-23-25-35-69(85)97-57-41-53(73(89)61(45-57)77(8,9)10)49-81-65-31-27-29-33-67(65)83-51-55-43-59(47-63(75(55)91)79(14,15)16)99-71(87)37-39-101(18,94-21-3)95-22-4/h40-51,64-67,88-91H,19-39H2,1-18H3/b80-48+,81-49+,82-50+,83-51+/t64?,65?,66-,67-/m1/s1. The molecule has 101 heavy (non-hydrogen) atoms. The fraction of sp³-hybridized carbons (Fsp3) is 0.595. The summed E-state index contributed by atoms with van der Waals surface area (Å²) in [4.78, 5) is 73.4. The van der Waals surface area contributed by atoms with Crippen molar-refractivity contribution < 1.29 is 76.3 Å². The van der Waals surface area contributed by atoms with Crippen molar-refractivity contribution in [2.75, 3.05) is 26.4 Å². The molecule has 0 heterocycles. The van der Waals surface area contributed by atoms with Crippen LogP contribution in [-0.2, 0) is 58.5 Å². The van der Waals surface area contributed by atoms with E-state index in [-0.39, 0.29) is 84.3 Å². The molecule has 20 nitrogen and oxygen atoms in total. The number of phenolic OH excluding ortho intramolecular Hbond substituents is 4. The van der Waals surface area contributed by atoms with Gasteiger partial charge in [-0.15, -0.1) is 0 Å². The minimum Gasteiger partial charge on any atom is -0.507 e. The second-order valence-electron chi connectivity index (χ2n) is 31.0. The number of carbonyl (C=O) groups is 4. The molecule has 4 N–H and O–H groups in total. The highest BCUT2D eigenvalue weighted by Crippen LogP contribution is 2.42. The van der Waals surface area contributed by atoms with Gasteiger partial charge in [0.25, 0.3) is 0 Å². The summed E-state index contributed by atoms with van der Waals surface area (Å²) in [5.41, 5.74) is 1.89. The predicted octanol–water partition coefficient (Wildman–Crippen LogP) is 16.7. The number of ether oxygens (including phenoxy) is 4. The molecule has 2 unspecified atom stereocenters. The zero-order chi connectivity index (χ0) is 74.7. The van der Waals surface area contributed by atoms with Gasteiger partial charge in [0.15, 0.2) is 0 Å². The molecule has 0 aliphatic heterocycles. The second kappa shape index (κ2) is 36.9. The van der Waals surface area contributed by atoms with Crippen LogP contribution in [0.15, 0.2) is 68.5 Å². The minimum absolute atomic E-state index is 0.0248. The summed E-state index contributed by atoms with van der Waals surface area (Å²) >= 11 is 0. The van der Waals surface area contributed by atoms with Crippen LogP contribution < -0.4 is 18.9 Å². The van der Waals surface area contributed by atoms with E-state index in [0.29, 0.717) is 114 Å². The van der Waals surface area contributed by atoms with Crippen LogP contribution in [0.1, 0.15) is 252 Å². The normalized spacial score (nSPS) is 17.5. The molecule has 0 spiro atoms. The molecular weight excluding hydrogens is 1320 g/mol. The van der Waals surface area contributed by atoms with E-state index in [1.165, 1.54) is 0 Å². The van der Waals surface area contributed by atoms with Gasteiger partial charge < -0.3 is 57.1 Å². The molecule has 4 aromatic rings. The highest BCUT2D eigenvalue weighted by atomic mass is 28.4. The van der Waals surface area contributed by atoms with Gasteiger partial charge in [-0.1, -0.05) is 115 Å². The highest BCUT2D eigenvalue weighted by molar-refractivity contribution is 6.66. The summed E-state index contributed by atoms with van der Waals surface area (Å²) in [6.45, 7) is 37.1. The van der Waals surface area contributed by atoms with E-state index in [0.717, 1.165) is 51.4 Å². The SMILES string of the molecule is CCO[Si](C)(CCC(=O)Oc1cc(/C=N/[C@@H]2CCCCC2/N=C/c2cc(OC(=O)CCCCCC(=O)Oc3cc(/C=N/C4CCCC[C@H]4/N=C/c4cc(OC(=O)CC[Si](C)(OCC)OCC)cc(C(C)(C)C)c4O)c(O)c(C(C)(C)C)c3)cc(C(C)(C)C)c2O)c(O)c(C(C)(C)C)c1)OCC. The van der Waals surface area contributed by atoms with E-state index in [2.05, 4.69) is 0 Å². The fourth-order valence-electron chi connectivity index (χ4n) is 12.7. The Hall–Kier alpha value is -7.09. The Kier molecular flexibility index (Phi) is 30.2. The molecule has 2 aliphatic carbocycles. The number of aliphatic imine (C=N–C) groups is 4. The lowest BCUT2D eigenvalue weighted by molar-refractivity contribution is -0.135. The van der Waals surface area contributed by atoms with Crippen molar-refractivity contribution in [3.8, 4) is 46.0 Å². The third-order valence-corrected chi connectivity index (χ3v) is 24.2. The van der Waals surface area contributed by atoms with E-state index in [1.54, 1.807) is 73.4 Å². The van der Waals surface area contributed by atoms with Gasteiger partial charge in [0.05, 0.1) is 24.2 Å². The van der Waals surface area contributed by atoms with Crippen molar-refractivity contribution in [2.45, 2.75) is 278 Å². The summed E-state index contributed by atoms with van der Waals surface area (Å²) in [6, 6.07) is 13.0. The molecule has 4 aromatic carbocycles. The largest absolute Gasteiger partial charge is 0.507 e. The third-order valence-electron chi connectivity index (χ3n) is 18.2. The van der Waals surface area contributed by atoms with E-state index in [9.17, 15) is 39.6 Å². The monoisotopic (exact) mass is 1430 g/mol. The van der Waals surface area contributed by atoms with Crippen LogP contribution in [-0.4, -0.2) is 137 Å². The first-order valence-corrected chi connectivity index (χ1v) is 41.5. The van der Waals surface area contributed by atoms with Crippen LogP contribution >= 0.6 is 0 Å². The summed E-state index contributed by atoms with van der Waals surface area (Å²) in [5.74, 6) is -0.534. The quantitative estimate of drug-likeness (QED) is 0.0116. The molecule has 4 atom stereocenters. The molecule has 2 aliphatic rings. The Morgan fingerprint density at radius 2 is 0.594 bits per heavy atom. The fourth-order valence-corrected chi connectivity index (χ4v) is 17.2. The number of phenols is 4. The van der Waals surface area contributed by atoms with Crippen LogP contribution in [0, 0.1) is 0 Å². The average Bonchev–Trinajstić information content (AvgIpc) is 0.816. The molecule has 0 bridgehead atoms. The smallest absolute Gasteiger partial charge is 0.335 e. The van der Waals surface area contributed by atoms with Crippen LogP contribution in [0.2, 0.25) is 25.2 Å². The topological polar surface area (TPSA) is 272 Å². The molecule has 0 saturated heterocycles. The van der Waals surface area contributed by atoms with Crippen molar-refractivity contribution in [1.29, 1.82) is 0 Å². The first-order valence-electron chi connectivity index (χ1n) is 36.4. The number of rotatable bonds is 32. The molecular formula is C79H116N4O16Si2. The number of aromatic hydroxyl groups is 4. The zero-order valence-corrected chi connectivity index (χ0v) is 65.6. The number of hydrogen-bond donors (Lipinski definition) is 4. The van der Waals surface area contributed by atoms with Crippen LogP contribution in [0.4, 0.5) is 0 Å². The van der Waals surface area contributed by atoms with Crippen molar-refractivity contribution in [1.82, 2.24) is 0 Å². The number of unbranched alkanes of at least 4 members (excludes halogenated alkanes) is 2. The van der Waals surface area contributed by atoms with Gasteiger partial charge in [-0.05, 0) is 150 Å². The molecule has 556 valence electrons. The van der Waals surface area contributed by atoms with Crippen LogP contribution in [0.5, 0.6) is 46.0 Å². The lowest BCUT2D eigenvalue weighted by Crippen LogP contribution is -2.39. The van der Waals surface area contributed by atoms with Gasteiger partial charge in [0.2, 0.25) is 0 Å². The van der Waals surface area contributed by atoms with Gasteiger partial charge >= 0.3 is 41.0 Å². The molecule has 2 saturated carbocycles. The molecule has 0 aromatic heterocycles. The van der Waals surface area contributed by atoms with Crippen molar-refractivity contribution in [3.63, 3.8) is 0 Å². The third kappa shape index (κ3) is 25.1.